The summed E-state index contributed by atoms with van der Waals surface area (Å²) < 4.78 is 0.779. The van der Waals surface area contributed by atoms with Gasteiger partial charge in [-0.25, -0.2) is 0 Å². The van der Waals surface area contributed by atoms with Crippen LogP contribution in [0.25, 0.3) is 0 Å². The molecule has 0 aliphatic heterocycles. The molecule has 0 spiro atoms. The van der Waals surface area contributed by atoms with E-state index >= 15 is 0 Å². The van der Waals surface area contributed by atoms with Gasteiger partial charge in [0, 0.05) is 22.1 Å². The van der Waals surface area contributed by atoms with E-state index in [1.54, 1.807) is 18.2 Å². The molecule has 2 atom stereocenters. The third-order valence-electron chi connectivity index (χ3n) is 3.68. The molecule has 0 radical (unpaired) electrons. The summed E-state index contributed by atoms with van der Waals surface area (Å²) in [6, 6.07) is 4.90. The van der Waals surface area contributed by atoms with Gasteiger partial charge < -0.3 is 5.73 Å². The number of rotatable bonds is 3. The highest BCUT2D eigenvalue weighted by Crippen LogP contribution is 2.36. The van der Waals surface area contributed by atoms with Crippen LogP contribution in [-0.2, 0) is 6.42 Å². The van der Waals surface area contributed by atoms with Crippen LogP contribution in [0, 0.1) is 16.0 Å². The van der Waals surface area contributed by atoms with Crippen molar-refractivity contribution in [3.63, 3.8) is 0 Å². The van der Waals surface area contributed by atoms with Gasteiger partial charge in [0.15, 0.2) is 0 Å². The van der Waals surface area contributed by atoms with E-state index in [-0.39, 0.29) is 16.1 Å². The number of benzene rings is 1. The van der Waals surface area contributed by atoms with Gasteiger partial charge >= 0.3 is 0 Å². The molecular formula is C13H17BrN2O2. The maximum absolute atomic E-state index is 10.7. The van der Waals surface area contributed by atoms with Gasteiger partial charge in [0.25, 0.3) is 5.69 Å². The summed E-state index contributed by atoms with van der Waals surface area (Å²) in [5.41, 5.74) is 7.40. The highest BCUT2D eigenvalue weighted by atomic mass is 79.9. The first-order valence-corrected chi connectivity index (χ1v) is 6.91. The van der Waals surface area contributed by atoms with Crippen LogP contribution in [0.5, 0.6) is 0 Å². The van der Waals surface area contributed by atoms with Crippen LogP contribution in [0.15, 0.2) is 22.7 Å². The third-order valence-corrected chi connectivity index (χ3v) is 4.42. The second kappa shape index (κ2) is 4.97. The smallest absolute Gasteiger partial charge is 0.270 e. The molecule has 0 saturated heterocycles. The van der Waals surface area contributed by atoms with Gasteiger partial charge in [-0.1, -0.05) is 28.9 Å². The van der Waals surface area contributed by atoms with E-state index in [2.05, 4.69) is 22.9 Å². The molecule has 18 heavy (non-hydrogen) atoms. The van der Waals surface area contributed by atoms with E-state index in [0.717, 1.165) is 29.3 Å². The van der Waals surface area contributed by atoms with E-state index in [1.807, 2.05) is 0 Å². The van der Waals surface area contributed by atoms with Crippen LogP contribution >= 0.6 is 15.9 Å². The van der Waals surface area contributed by atoms with Gasteiger partial charge in [-0.2, -0.15) is 0 Å². The summed E-state index contributed by atoms with van der Waals surface area (Å²) in [7, 11) is 0. The maximum atomic E-state index is 10.7. The molecule has 2 unspecified atom stereocenters. The van der Waals surface area contributed by atoms with Crippen molar-refractivity contribution in [1.29, 1.82) is 0 Å². The predicted molar refractivity (Wildman–Crippen MR) is 74.4 cm³/mol. The van der Waals surface area contributed by atoms with E-state index in [0.29, 0.717) is 5.92 Å². The van der Waals surface area contributed by atoms with Gasteiger partial charge in [0.05, 0.1) is 4.92 Å². The van der Waals surface area contributed by atoms with Crippen molar-refractivity contribution in [3.8, 4) is 0 Å². The van der Waals surface area contributed by atoms with Gasteiger partial charge in [-0.05, 0) is 37.2 Å². The number of hydrogen-bond donors (Lipinski definition) is 1. The first-order valence-electron chi connectivity index (χ1n) is 6.11. The first-order chi connectivity index (χ1) is 8.39. The van der Waals surface area contributed by atoms with Crippen molar-refractivity contribution < 1.29 is 4.92 Å². The van der Waals surface area contributed by atoms with Crippen LogP contribution < -0.4 is 5.73 Å². The Morgan fingerprint density at radius 3 is 2.83 bits per heavy atom. The molecule has 98 valence electrons. The first kappa shape index (κ1) is 13.5. The highest BCUT2D eigenvalue weighted by molar-refractivity contribution is 9.10. The second-order valence-electron chi connectivity index (χ2n) is 5.42. The quantitative estimate of drug-likeness (QED) is 0.686. The summed E-state index contributed by atoms with van der Waals surface area (Å²) in [5, 5.41) is 10.7. The van der Waals surface area contributed by atoms with Gasteiger partial charge in [-0.15, -0.1) is 0 Å². The number of non-ortho nitro benzene ring substituents is 1. The number of nitrogens with zero attached hydrogens (tertiary/aromatic N) is 1. The minimum atomic E-state index is -0.385. The molecule has 0 amide bonds. The molecule has 5 heteroatoms. The van der Waals surface area contributed by atoms with Gasteiger partial charge in [-0.3, -0.25) is 10.1 Å². The number of halogens is 1. The second-order valence-corrected chi connectivity index (χ2v) is 6.27. The topological polar surface area (TPSA) is 69.2 Å². The minimum absolute atomic E-state index is 0.108. The summed E-state index contributed by atoms with van der Waals surface area (Å²) in [4.78, 5) is 10.3. The molecule has 1 aromatic rings. The molecule has 0 heterocycles. The van der Waals surface area contributed by atoms with Crippen LogP contribution in [0.2, 0.25) is 0 Å². The summed E-state index contributed by atoms with van der Waals surface area (Å²) >= 11 is 3.40. The standard InChI is InChI=1S/C13H17BrN2O2/c1-9-4-5-13(15,7-9)8-10-2-3-11(16(17)18)6-12(10)14/h2-3,6,9H,4-5,7-8,15H2,1H3. The SMILES string of the molecule is CC1CCC(N)(Cc2ccc([N+](=O)[O-])cc2Br)C1. The average Bonchev–Trinajstić information content (AvgIpc) is 2.61. The molecule has 1 fully saturated rings. The fourth-order valence-electron chi connectivity index (χ4n) is 2.76. The Labute approximate surface area is 115 Å². The molecule has 1 aliphatic rings. The zero-order valence-electron chi connectivity index (χ0n) is 10.4. The fourth-order valence-corrected chi connectivity index (χ4v) is 3.27. The summed E-state index contributed by atoms with van der Waals surface area (Å²) in [5.74, 6) is 0.673. The monoisotopic (exact) mass is 312 g/mol. The Morgan fingerprint density at radius 1 is 1.61 bits per heavy atom. The number of nitrogens with two attached hydrogens (primary N) is 1. The Balaban J connectivity index is 2.17. The molecule has 0 aromatic heterocycles. The molecule has 4 nitrogen and oxygen atoms in total. The number of nitro groups is 1. The van der Waals surface area contributed by atoms with Gasteiger partial charge in [0.2, 0.25) is 0 Å². The van der Waals surface area contributed by atoms with Gasteiger partial charge in [0.1, 0.15) is 0 Å². The predicted octanol–water partition coefficient (Wildman–Crippen LogP) is 3.42. The molecule has 0 bridgehead atoms. The van der Waals surface area contributed by atoms with Crippen LogP contribution in [0.1, 0.15) is 31.7 Å². The van der Waals surface area contributed by atoms with E-state index in [1.165, 1.54) is 6.42 Å². The Hall–Kier alpha value is -0.940. The molecular weight excluding hydrogens is 296 g/mol. The molecule has 2 rings (SSSR count). The Bertz CT molecular complexity index is 478. The van der Waals surface area contributed by atoms with Crippen molar-refractivity contribution in [1.82, 2.24) is 0 Å². The third kappa shape index (κ3) is 2.90. The number of nitro benzene ring substituents is 1. The van der Waals surface area contributed by atoms with Crippen LogP contribution in [0.3, 0.4) is 0 Å². The largest absolute Gasteiger partial charge is 0.325 e. The lowest BCUT2D eigenvalue weighted by molar-refractivity contribution is -0.384. The normalized spacial score (nSPS) is 27.4. The lowest BCUT2D eigenvalue weighted by Crippen LogP contribution is -2.39. The fraction of sp³-hybridized carbons (Fsp3) is 0.538. The Kier molecular flexibility index (Phi) is 3.73. The molecule has 1 aliphatic carbocycles. The van der Waals surface area contributed by atoms with Crippen LogP contribution in [-0.4, -0.2) is 10.5 Å². The summed E-state index contributed by atoms with van der Waals surface area (Å²) in [6.07, 6.45) is 3.99. The van der Waals surface area contributed by atoms with Crippen molar-refractivity contribution in [2.45, 2.75) is 38.1 Å². The molecule has 1 aromatic carbocycles. The maximum Gasteiger partial charge on any atom is 0.270 e. The Morgan fingerprint density at radius 2 is 2.33 bits per heavy atom. The zero-order chi connectivity index (χ0) is 13.3. The lowest BCUT2D eigenvalue weighted by Gasteiger charge is -2.24. The van der Waals surface area contributed by atoms with Crippen molar-refractivity contribution in [2.75, 3.05) is 0 Å². The number of hydrogen-bond acceptors (Lipinski definition) is 3. The van der Waals surface area contributed by atoms with E-state index in [4.69, 9.17) is 5.73 Å². The average molecular weight is 313 g/mol. The zero-order valence-corrected chi connectivity index (χ0v) is 11.9. The van der Waals surface area contributed by atoms with Crippen molar-refractivity contribution in [2.24, 2.45) is 11.7 Å². The summed E-state index contributed by atoms with van der Waals surface area (Å²) in [6.45, 7) is 2.22. The lowest BCUT2D eigenvalue weighted by atomic mass is 9.89. The highest BCUT2D eigenvalue weighted by Gasteiger charge is 2.34. The van der Waals surface area contributed by atoms with Crippen LogP contribution in [0.4, 0.5) is 5.69 Å². The van der Waals surface area contributed by atoms with E-state index < -0.39 is 0 Å². The van der Waals surface area contributed by atoms with Crippen molar-refractivity contribution in [3.05, 3.63) is 38.3 Å². The van der Waals surface area contributed by atoms with Crippen molar-refractivity contribution >= 4 is 21.6 Å². The minimum Gasteiger partial charge on any atom is -0.325 e. The molecule has 1 saturated carbocycles. The van der Waals surface area contributed by atoms with E-state index in [9.17, 15) is 10.1 Å². The molecule has 2 N–H and O–H groups in total.